The van der Waals surface area contributed by atoms with Gasteiger partial charge in [-0.25, -0.2) is 0 Å². The van der Waals surface area contributed by atoms with Crippen LogP contribution in [0.25, 0.3) is 44.2 Å². The first-order chi connectivity index (χ1) is 15.9. The van der Waals surface area contributed by atoms with Gasteiger partial charge in [0.05, 0.1) is 32.2 Å². The van der Waals surface area contributed by atoms with Gasteiger partial charge in [0.2, 0.25) is 5.75 Å². The largest absolute Gasteiger partial charge is 0.493 e. The zero-order chi connectivity index (χ0) is 23.4. The molecular formula is C24H23N3O6. The molecule has 0 bridgehead atoms. The fraction of sp³-hybridized carbons (Fsp3) is 0.250. The highest BCUT2D eigenvalue weighted by atomic mass is 16.5. The Bertz CT molecular complexity index is 1630. The molecular weight excluding hydrogens is 426 g/mol. The van der Waals surface area contributed by atoms with Crippen LogP contribution in [0.5, 0.6) is 17.2 Å². The van der Waals surface area contributed by atoms with Crippen LogP contribution in [0.15, 0.2) is 44.3 Å². The molecule has 0 spiro atoms. The first-order valence-electron chi connectivity index (χ1n) is 10.4. The van der Waals surface area contributed by atoms with Gasteiger partial charge in [-0.3, -0.25) is 19.4 Å². The van der Waals surface area contributed by atoms with E-state index in [0.29, 0.717) is 56.1 Å². The van der Waals surface area contributed by atoms with Gasteiger partial charge in [0, 0.05) is 23.1 Å². The molecule has 0 atom stereocenters. The Morgan fingerprint density at radius 1 is 0.970 bits per heavy atom. The highest BCUT2D eigenvalue weighted by Crippen LogP contribution is 2.45. The van der Waals surface area contributed by atoms with Gasteiger partial charge in [-0.05, 0) is 43.7 Å². The Labute approximate surface area is 187 Å². The molecule has 9 heteroatoms. The van der Waals surface area contributed by atoms with Crippen LogP contribution in [-0.4, -0.2) is 36.1 Å². The number of hydrogen-bond acceptors (Lipinski definition) is 6. The molecule has 0 amide bonds. The molecule has 0 saturated heterocycles. The lowest BCUT2D eigenvalue weighted by Crippen LogP contribution is -2.07. The third kappa shape index (κ3) is 3.00. The van der Waals surface area contributed by atoms with Crippen molar-refractivity contribution in [3.63, 3.8) is 0 Å². The standard InChI is InChI=1S/C24H23N3O6/c1-11(2)27-23-19(24(29)26-27)18(12-8-16(30-3)21(32-5)17(9-12)31-4)22-20(25-23)14-7-6-13(28)10-15(14)33-22/h6-11,25H,1-5H3,(H,26,29). The summed E-state index contributed by atoms with van der Waals surface area (Å²) in [6, 6.07) is 8.18. The van der Waals surface area contributed by atoms with Crippen molar-refractivity contribution in [2.24, 2.45) is 0 Å². The number of H-pyrrole nitrogens is 2. The molecule has 0 unspecified atom stereocenters. The van der Waals surface area contributed by atoms with Crippen LogP contribution in [0.3, 0.4) is 0 Å². The number of hydrogen-bond donors (Lipinski definition) is 2. The maximum Gasteiger partial charge on any atom is 0.274 e. The molecule has 5 rings (SSSR count). The highest BCUT2D eigenvalue weighted by Gasteiger charge is 2.24. The quantitative estimate of drug-likeness (QED) is 0.416. The normalized spacial score (nSPS) is 11.7. The lowest BCUT2D eigenvalue weighted by Gasteiger charge is -2.15. The Balaban J connectivity index is 2.02. The SMILES string of the molecule is COc1cc(-c2c3oc4cc(=O)ccc4c3[nH]c3c2c(=O)[nH]n3C(C)C)cc(OC)c1OC. The van der Waals surface area contributed by atoms with Crippen LogP contribution in [0.1, 0.15) is 19.9 Å². The molecule has 33 heavy (non-hydrogen) atoms. The third-order valence-corrected chi connectivity index (χ3v) is 5.78. The van der Waals surface area contributed by atoms with Crippen molar-refractivity contribution in [2.45, 2.75) is 19.9 Å². The second-order valence-electron chi connectivity index (χ2n) is 8.01. The van der Waals surface area contributed by atoms with Gasteiger partial charge in [0.25, 0.3) is 5.56 Å². The predicted octanol–water partition coefficient (Wildman–Crippen LogP) is 4.19. The molecule has 3 aromatic heterocycles. The zero-order valence-electron chi connectivity index (χ0n) is 18.9. The van der Waals surface area contributed by atoms with Crippen LogP contribution >= 0.6 is 0 Å². The molecule has 0 fully saturated rings. The van der Waals surface area contributed by atoms with Gasteiger partial charge >= 0.3 is 0 Å². The minimum atomic E-state index is -0.273. The van der Waals surface area contributed by atoms with E-state index in [2.05, 4.69) is 10.1 Å². The van der Waals surface area contributed by atoms with E-state index in [4.69, 9.17) is 18.6 Å². The topological polar surface area (TPSA) is 111 Å². The molecule has 9 nitrogen and oxygen atoms in total. The summed E-state index contributed by atoms with van der Waals surface area (Å²) in [6.45, 7) is 3.95. The van der Waals surface area contributed by atoms with Crippen LogP contribution < -0.4 is 25.2 Å². The first-order valence-corrected chi connectivity index (χ1v) is 10.4. The third-order valence-electron chi connectivity index (χ3n) is 5.78. The molecule has 170 valence electrons. The van der Waals surface area contributed by atoms with E-state index in [1.165, 1.54) is 33.5 Å². The maximum absolute atomic E-state index is 13.2. The fourth-order valence-corrected chi connectivity index (χ4v) is 4.30. The monoisotopic (exact) mass is 449 g/mol. The number of furan rings is 1. The van der Waals surface area contributed by atoms with Gasteiger partial charge in [-0.15, -0.1) is 0 Å². The summed E-state index contributed by atoms with van der Waals surface area (Å²) >= 11 is 0. The van der Waals surface area contributed by atoms with E-state index in [-0.39, 0.29) is 17.0 Å². The van der Waals surface area contributed by atoms with Gasteiger partial charge in [0.1, 0.15) is 11.2 Å². The van der Waals surface area contributed by atoms with E-state index < -0.39 is 0 Å². The summed E-state index contributed by atoms with van der Waals surface area (Å²) in [5, 5.41) is 4.08. The Kier molecular flexibility index (Phi) is 4.70. The number of methoxy groups -OCH3 is 3. The van der Waals surface area contributed by atoms with Crippen LogP contribution in [0.2, 0.25) is 0 Å². The Morgan fingerprint density at radius 3 is 2.27 bits per heavy atom. The lowest BCUT2D eigenvalue weighted by atomic mass is 10.0. The number of pyridine rings is 1. The molecule has 0 aliphatic carbocycles. The Hall–Kier alpha value is -4.14. The molecule has 0 aliphatic heterocycles. The molecule has 0 aliphatic rings. The highest BCUT2D eigenvalue weighted by molar-refractivity contribution is 6.14. The van der Waals surface area contributed by atoms with E-state index in [0.717, 1.165) is 5.39 Å². The number of fused-ring (bicyclic) bond motifs is 4. The second kappa shape index (κ2) is 7.47. The van der Waals surface area contributed by atoms with E-state index in [9.17, 15) is 9.59 Å². The number of rotatable bonds is 5. The van der Waals surface area contributed by atoms with Crippen molar-refractivity contribution < 1.29 is 18.6 Å². The molecule has 2 aromatic carbocycles. The molecule has 2 N–H and O–H groups in total. The molecule has 0 saturated carbocycles. The molecule has 0 radical (unpaired) electrons. The smallest absolute Gasteiger partial charge is 0.274 e. The predicted molar refractivity (Wildman–Crippen MR) is 126 cm³/mol. The van der Waals surface area contributed by atoms with Crippen molar-refractivity contribution in [1.82, 2.24) is 14.8 Å². The first kappa shape index (κ1) is 20.7. The summed E-state index contributed by atoms with van der Waals surface area (Å²) in [6.07, 6.45) is 0. The van der Waals surface area contributed by atoms with E-state index in [1.54, 1.807) is 22.9 Å². The number of benzene rings is 2. The summed E-state index contributed by atoms with van der Waals surface area (Å²) in [4.78, 5) is 28.5. The summed E-state index contributed by atoms with van der Waals surface area (Å²) < 4.78 is 24.5. The van der Waals surface area contributed by atoms with Gasteiger partial charge < -0.3 is 23.6 Å². The summed E-state index contributed by atoms with van der Waals surface area (Å²) in [5.41, 5.74) is 2.93. The van der Waals surface area contributed by atoms with Crippen LogP contribution in [-0.2, 0) is 0 Å². The zero-order valence-corrected chi connectivity index (χ0v) is 18.9. The number of nitrogens with one attached hydrogen (secondary N) is 2. The van der Waals surface area contributed by atoms with Gasteiger partial charge in [-0.1, -0.05) is 0 Å². The van der Waals surface area contributed by atoms with Crippen molar-refractivity contribution in [1.29, 1.82) is 0 Å². The minimum Gasteiger partial charge on any atom is -0.493 e. The Morgan fingerprint density at radius 2 is 1.67 bits per heavy atom. The maximum atomic E-state index is 13.2. The lowest BCUT2D eigenvalue weighted by molar-refractivity contribution is 0.324. The van der Waals surface area contributed by atoms with E-state index >= 15 is 0 Å². The number of aromatic amines is 2. The van der Waals surface area contributed by atoms with Crippen molar-refractivity contribution in [3.05, 3.63) is 50.9 Å². The average molecular weight is 449 g/mol. The second-order valence-corrected chi connectivity index (χ2v) is 8.01. The van der Waals surface area contributed by atoms with Gasteiger partial charge in [-0.2, -0.15) is 0 Å². The summed E-state index contributed by atoms with van der Waals surface area (Å²) in [7, 11) is 4.59. The van der Waals surface area contributed by atoms with E-state index in [1.807, 2.05) is 13.8 Å². The minimum absolute atomic E-state index is 0.0110. The van der Waals surface area contributed by atoms with Crippen molar-refractivity contribution in [3.8, 4) is 28.4 Å². The van der Waals surface area contributed by atoms with Crippen molar-refractivity contribution in [2.75, 3.05) is 21.3 Å². The molecule has 3 heterocycles. The average Bonchev–Trinajstić information content (AvgIpc) is 3.33. The van der Waals surface area contributed by atoms with Crippen LogP contribution in [0, 0.1) is 0 Å². The fourth-order valence-electron chi connectivity index (χ4n) is 4.30. The van der Waals surface area contributed by atoms with Gasteiger partial charge in [0.15, 0.2) is 22.5 Å². The number of nitrogens with zero attached hydrogens (tertiary/aromatic N) is 1. The number of ether oxygens (including phenoxy) is 3. The van der Waals surface area contributed by atoms with Crippen molar-refractivity contribution >= 4 is 33.1 Å². The molecule has 5 aromatic rings. The number of aromatic nitrogens is 3. The summed E-state index contributed by atoms with van der Waals surface area (Å²) in [5.74, 6) is 1.32. The van der Waals surface area contributed by atoms with Crippen LogP contribution in [0.4, 0.5) is 0 Å².